The van der Waals surface area contributed by atoms with Crippen molar-refractivity contribution in [1.82, 2.24) is 30.0 Å². The molecule has 0 radical (unpaired) electrons. The van der Waals surface area contributed by atoms with Crippen LogP contribution in [0.3, 0.4) is 0 Å². The summed E-state index contributed by atoms with van der Waals surface area (Å²) in [6, 6.07) is 25.0. The van der Waals surface area contributed by atoms with Crippen molar-refractivity contribution in [3.8, 4) is 0 Å². The van der Waals surface area contributed by atoms with Crippen LogP contribution in [-0.2, 0) is 54.7 Å². The molecule has 6 atom stereocenters. The van der Waals surface area contributed by atoms with E-state index < -0.39 is 37.0 Å². The summed E-state index contributed by atoms with van der Waals surface area (Å²) in [5.74, 6) is 0. The van der Waals surface area contributed by atoms with Crippen LogP contribution in [0, 0.1) is 0 Å². The Morgan fingerprint density at radius 1 is 0.729 bits per heavy atom. The number of ether oxygens (including phenoxy) is 6. The van der Waals surface area contributed by atoms with Crippen molar-refractivity contribution in [3.05, 3.63) is 129 Å². The number of methoxy groups -OCH3 is 1. The van der Waals surface area contributed by atoms with Crippen LogP contribution in [0.4, 0.5) is 0 Å². The fourth-order valence-electron chi connectivity index (χ4n) is 5.76. The highest BCUT2D eigenvalue weighted by molar-refractivity contribution is 6.30. The molecule has 6 unspecified atom stereocenters. The minimum atomic E-state index is -0.763. The van der Waals surface area contributed by atoms with Gasteiger partial charge in [-0.3, -0.25) is 0 Å². The van der Waals surface area contributed by atoms with Crippen LogP contribution < -0.4 is 0 Å². The molecule has 0 spiro atoms. The zero-order chi connectivity index (χ0) is 32.9. The SMILES string of the molecule is COC1OC2COC(c3ccccc3)OC2C(OCc2cn(Cc3ccc(Cl)cc3)nn2)C1OCc1cn(Cc2ccc(Cl)cc2)nn1. The first kappa shape index (κ1) is 32.8. The van der Waals surface area contributed by atoms with Crippen molar-refractivity contribution in [2.75, 3.05) is 13.7 Å². The van der Waals surface area contributed by atoms with Crippen LogP contribution in [0.15, 0.2) is 91.3 Å². The highest BCUT2D eigenvalue weighted by atomic mass is 35.5. The minimum Gasteiger partial charge on any atom is -0.366 e. The van der Waals surface area contributed by atoms with E-state index in [4.69, 9.17) is 51.6 Å². The normalized spacial score (nSPS) is 24.0. The quantitative estimate of drug-likeness (QED) is 0.172. The summed E-state index contributed by atoms with van der Waals surface area (Å²) >= 11 is 12.1. The van der Waals surface area contributed by atoms with Crippen molar-refractivity contribution >= 4 is 23.2 Å². The van der Waals surface area contributed by atoms with E-state index in [1.807, 2.05) is 91.3 Å². The van der Waals surface area contributed by atoms with Crippen molar-refractivity contribution < 1.29 is 28.4 Å². The monoisotopic (exact) mass is 692 g/mol. The molecule has 12 nitrogen and oxygen atoms in total. The van der Waals surface area contributed by atoms with Crippen molar-refractivity contribution in [2.24, 2.45) is 0 Å². The molecule has 3 aromatic carbocycles. The third-order valence-corrected chi connectivity index (χ3v) is 8.63. The Morgan fingerprint density at radius 2 is 1.29 bits per heavy atom. The second-order valence-corrected chi connectivity index (χ2v) is 12.4. The van der Waals surface area contributed by atoms with Crippen LogP contribution in [0.2, 0.25) is 10.0 Å². The molecule has 14 heteroatoms. The van der Waals surface area contributed by atoms with Crippen LogP contribution >= 0.6 is 23.2 Å². The van der Waals surface area contributed by atoms with E-state index in [1.165, 1.54) is 0 Å². The molecule has 2 saturated heterocycles. The van der Waals surface area contributed by atoms with Crippen LogP contribution in [0.5, 0.6) is 0 Å². The number of benzene rings is 3. The summed E-state index contributed by atoms with van der Waals surface area (Å²) in [5, 5.41) is 18.6. The Labute approximate surface area is 287 Å². The summed E-state index contributed by atoms with van der Waals surface area (Å²) in [6.07, 6.45) is 0.0347. The Kier molecular flexibility index (Phi) is 10.4. The van der Waals surface area contributed by atoms with Gasteiger partial charge in [0, 0.05) is 22.7 Å². The minimum absolute atomic E-state index is 0.141. The maximum absolute atomic E-state index is 6.58. The van der Waals surface area contributed by atoms with E-state index in [0.29, 0.717) is 34.5 Å². The molecule has 7 rings (SSSR count). The number of halogens is 2. The van der Waals surface area contributed by atoms with E-state index in [9.17, 15) is 0 Å². The van der Waals surface area contributed by atoms with E-state index in [1.54, 1.807) is 16.5 Å². The standard InChI is InChI=1S/C34H34Cl2N6O6/c1-43-34-32(45-20-28-18-42(40-38-28)16-23-9-13-26(36)14-10-23)31(30-29(47-34)21-46-33(48-30)24-5-3-2-4-6-24)44-19-27-17-41(39-37-27)15-22-7-11-25(35)12-8-22/h2-14,17-18,29-34H,15-16,19-21H2,1H3. The molecule has 48 heavy (non-hydrogen) atoms. The Hall–Kier alpha value is -3.72. The summed E-state index contributed by atoms with van der Waals surface area (Å²) in [6.45, 7) is 1.67. The Balaban J connectivity index is 1.08. The van der Waals surface area contributed by atoms with Gasteiger partial charge >= 0.3 is 0 Å². The van der Waals surface area contributed by atoms with Gasteiger partial charge in [-0.25, -0.2) is 9.36 Å². The van der Waals surface area contributed by atoms with Gasteiger partial charge in [-0.1, -0.05) is 88.2 Å². The lowest BCUT2D eigenvalue weighted by Gasteiger charge is -2.48. The zero-order valence-electron chi connectivity index (χ0n) is 26.0. The zero-order valence-corrected chi connectivity index (χ0v) is 27.6. The number of rotatable bonds is 12. The lowest BCUT2D eigenvalue weighted by molar-refractivity contribution is -0.369. The number of fused-ring (bicyclic) bond motifs is 1. The van der Waals surface area contributed by atoms with Gasteiger partial charge in [0.25, 0.3) is 0 Å². The first-order valence-corrected chi connectivity index (χ1v) is 16.3. The van der Waals surface area contributed by atoms with Crippen molar-refractivity contribution in [1.29, 1.82) is 0 Å². The lowest BCUT2D eigenvalue weighted by Crippen LogP contribution is -2.63. The summed E-state index contributed by atoms with van der Waals surface area (Å²) in [7, 11) is 1.57. The lowest BCUT2D eigenvalue weighted by atomic mass is 9.97. The first-order valence-electron chi connectivity index (χ1n) is 15.5. The van der Waals surface area contributed by atoms with E-state index in [0.717, 1.165) is 16.7 Å². The Bertz CT molecular complexity index is 1760. The van der Waals surface area contributed by atoms with Crippen LogP contribution in [0.1, 0.15) is 34.4 Å². The molecule has 0 aliphatic carbocycles. The Morgan fingerprint density at radius 3 is 1.85 bits per heavy atom. The third-order valence-electron chi connectivity index (χ3n) is 8.12. The van der Waals surface area contributed by atoms with Gasteiger partial charge in [0.15, 0.2) is 12.6 Å². The van der Waals surface area contributed by atoms with E-state index >= 15 is 0 Å². The maximum Gasteiger partial charge on any atom is 0.186 e. The molecule has 2 aliphatic heterocycles. The smallest absolute Gasteiger partial charge is 0.186 e. The summed E-state index contributed by atoms with van der Waals surface area (Å²) in [5.41, 5.74) is 4.28. The van der Waals surface area contributed by atoms with Gasteiger partial charge in [0.2, 0.25) is 0 Å². The van der Waals surface area contributed by atoms with Gasteiger partial charge in [-0.15, -0.1) is 10.2 Å². The predicted octanol–water partition coefficient (Wildman–Crippen LogP) is 5.23. The topological polar surface area (TPSA) is 117 Å². The van der Waals surface area contributed by atoms with Gasteiger partial charge in [0.1, 0.15) is 35.8 Å². The average Bonchev–Trinajstić information content (AvgIpc) is 3.77. The van der Waals surface area contributed by atoms with Crippen molar-refractivity contribution in [3.63, 3.8) is 0 Å². The van der Waals surface area contributed by atoms with Gasteiger partial charge in [-0.2, -0.15) is 0 Å². The molecule has 5 aromatic rings. The third kappa shape index (κ3) is 7.94. The summed E-state index contributed by atoms with van der Waals surface area (Å²) < 4.78 is 41.2. The van der Waals surface area contributed by atoms with Gasteiger partial charge in [0.05, 0.1) is 45.3 Å². The molecule has 250 valence electrons. The van der Waals surface area contributed by atoms with E-state index in [2.05, 4.69) is 20.6 Å². The molecule has 2 fully saturated rings. The molecule has 0 bridgehead atoms. The summed E-state index contributed by atoms with van der Waals surface area (Å²) in [4.78, 5) is 0. The van der Waals surface area contributed by atoms with Gasteiger partial charge in [-0.05, 0) is 35.4 Å². The number of hydrogen-bond donors (Lipinski definition) is 0. The molecular formula is C34H34Cl2N6O6. The average molecular weight is 694 g/mol. The molecule has 0 saturated carbocycles. The number of aromatic nitrogens is 6. The second kappa shape index (κ2) is 15.2. The highest BCUT2D eigenvalue weighted by Crippen LogP contribution is 2.37. The highest BCUT2D eigenvalue weighted by Gasteiger charge is 2.51. The predicted molar refractivity (Wildman–Crippen MR) is 174 cm³/mol. The first-order chi connectivity index (χ1) is 23.5. The maximum atomic E-state index is 6.58. The largest absolute Gasteiger partial charge is 0.366 e. The fourth-order valence-corrected chi connectivity index (χ4v) is 6.01. The second-order valence-electron chi connectivity index (χ2n) is 11.6. The number of nitrogens with zero attached hydrogens (tertiary/aromatic N) is 6. The molecule has 0 amide bonds. The fraction of sp³-hybridized carbons (Fsp3) is 0.353. The molecule has 0 N–H and O–H groups in total. The van der Waals surface area contributed by atoms with Crippen molar-refractivity contribution in [2.45, 2.75) is 63.3 Å². The van der Waals surface area contributed by atoms with Crippen LogP contribution in [0.25, 0.3) is 0 Å². The molecule has 2 aliphatic rings. The van der Waals surface area contributed by atoms with Gasteiger partial charge < -0.3 is 28.4 Å². The molecule has 2 aromatic heterocycles. The number of hydrogen-bond acceptors (Lipinski definition) is 10. The molecular weight excluding hydrogens is 659 g/mol. The molecule has 4 heterocycles. The van der Waals surface area contributed by atoms with Crippen LogP contribution in [-0.4, -0.2) is 74.4 Å². The van der Waals surface area contributed by atoms with E-state index in [-0.39, 0.29) is 19.8 Å².